The quantitative estimate of drug-likeness (QED) is 0.110. The summed E-state index contributed by atoms with van der Waals surface area (Å²) in [6.07, 6.45) is 1.39. The van der Waals surface area contributed by atoms with Crippen LogP contribution in [-0.4, -0.2) is 15.2 Å². The van der Waals surface area contributed by atoms with E-state index in [1.807, 2.05) is 0 Å². The smallest absolute Gasteiger partial charge is 0.137 e. The van der Waals surface area contributed by atoms with Gasteiger partial charge in [-0.1, -0.05) is 103 Å². The van der Waals surface area contributed by atoms with Gasteiger partial charge in [-0.05, 0) is 52.1 Å². The molecule has 7 aromatic rings. The van der Waals surface area contributed by atoms with Gasteiger partial charge in [-0.25, -0.2) is 4.98 Å². The SMILES string of the molecule is [CH2-]c1ccc2ccccc2c1-c1c([PH+](c2ccccc2)c2ccccc2)ccc2ccccc12.[Cl][Ru+2][Cl].[NH-]Cc1ncn[nH]1. The van der Waals surface area contributed by atoms with Gasteiger partial charge in [0.2, 0.25) is 0 Å². The van der Waals surface area contributed by atoms with Crippen molar-refractivity contribution in [3.63, 3.8) is 0 Å². The molecule has 0 unspecified atom stereocenters. The van der Waals surface area contributed by atoms with Crippen molar-refractivity contribution in [3.05, 3.63) is 164 Å². The monoisotopic (exact) mass is 721 g/mol. The van der Waals surface area contributed by atoms with E-state index in [-0.39, 0.29) is 21.7 Å². The average molecular weight is 722 g/mol. The molecular weight excluding hydrogens is 691 g/mol. The van der Waals surface area contributed by atoms with Gasteiger partial charge in [0.05, 0.1) is 13.2 Å². The molecule has 1 heterocycles. The second-order valence-corrected chi connectivity index (χ2v) is 14.9. The summed E-state index contributed by atoms with van der Waals surface area (Å²) in [6.45, 7) is 4.69. The maximum Gasteiger partial charge on any atom is 0.137 e. The summed E-state index contributed by atoms with van der Waals surface area (Å²) in [6, 6.07) is 48.5. The van der Waals surface area contributed by atoms with Crippen molar-refractivity contribution in [3.8, 4) is 11.1 Å². The van der Waals surface area contributed by atoms with Crippen LogP contribution in [0.5, 0.6) is 0 Å². The molecule has 0 saturated heterocycles. The van der Waals surface area contributed by atoms with E-state index in [4.69, 9.17) is 25.1 Å². The average Bonchev–Trinajstić information content (AvgIpc) is 3.61. The van der Waals surface area contributed by atoms with Gasteiger partial charge < -0.3 is 5.73 Å². The van der Waals surface area contributed by atoms with Gasteiger partial charge in [-0.2, -0.15) is 23.7 Å². The Morgan fingerprint density at radius 1 is 0.659 bits per heavy atom. The number of aromatic nitrogens is 3. The molecule has 0 aliphatic heterocycles. The number of hydrogen-bond donors (Lipinski definition) is 1. The normalized spacial score (nSPS) is 10.6. The molecule has 44 heavy (non-hydrogen) atoms. The fourth-order valence-corrected chi connectivity index (χ4v) is 8.13. The Labute approximate surface area is 275 Å². The van der Waals surface area contributed by atoms with Crippen LogP contribution in [0.25, 0.3) is 38.4 Å². The number of nitrogens with zero attached hydrogens (tertiary/aromatic N) is 2. The summed E-state index contributed by atoms with van der Waals surface area (Å²) in [7, 11) is 8.45. The molecule has 0 radical (unpaired) electrons. The first-order valence-corrected chi connectivity index (χ1v) is 19.8. The van der Waals surface area contributed by atoms with Crippen LogP contribution in [-0.2, 0) is 21.7 Å². The standard InChI is InChI=1S/C33H24P.C3H5N4.2ClH.Ru/c1-24-20-21-25-12-8-10-18-29(25)32(24)33-30-19-11-9-13-26(30)22-23-31(33)34(27-14-4-2-5-15-27)28-16-6-3-7-17-28;4-1-3-5-2-6-7-3;;;/h2-23H,1H2;2,4H,1H2,(H,5,6,7);2*1H;/q2*-1;;;+4/p-1. The third-order valence-electron chi connectivity index (χ3n) is 7.22. The third kappa shape index (κ3) is 7.38. The molecule has 6 aromatic carbocycles. The van der Waals surface area contributed by atoms with Crippen molar-refractivity contribution >= 4 is 64.8 Å². The fraction of sp³-hybridized carbons (Fsp3) is 0.0278. The number of rotatable bonds is 5. The van der Waals surface area contributed by atoms with Crippen molar-refractivity contribution in [2.75, 3.05) is 0 Å². The van der Waals surface area contributed by atoms with E-state index in [0.29, 0.717) is 5.82 Å². The Hall–Kier alpha value is -3.56. The minimum Gasteiger partial charge on any atom is -0.671 e. The zero-order valence-corrected chi connectivity index (χ0v) is 27.9. The maximum atomic E-state index is 6.73. The topological polar surface area (TPSA) is 65.4 Å². The number of nitrogens with one attached hydrogen (secondary N) is 2. The molecule has 8 heteroatoms. The van der Waals surface area contributed by atoms with Gasteiger partial charge in [0.15, 0.2) is 0 Å². The van der Waals surface area contributed by atoms with Gasteiger partial charge >= 0.3 is 34.5 Å². The first-order chi connectivity index (χ1) is 21.7. The molecule has 0 amide bonds. The van der Waals surface area contributed by atoms with Gasteiger partial charge in [0, 0.05) is 0 Å². The van der Waals surface area contributed by atoms with E-state index >= 15 is 0 Å². The summed E-state index contributed by atoms with van der Waals surface area (Å²) in [5.41, 5.74) is 10.4. The zero-order valence-electron chi connectivity index (χ0n) is 23.7. The Morgan fingerprint density at radius 2 is 1.16 bits per heavy atom. The summed E-state index contributed by atoms with van der Waals surface area (Å²) in [5, 5.41) is 15.3. The molecule has 220 valence electrons. The van der Waals surface area contributed by atoms with Crippen LogP contribution in [0.1, 0.15) is 11.4 Å². The van der Waals surface area contributed by atoms with E-state index in [9.17, 15) is 0 Å². The van der Waals surface area contributed by atoms with Crippen LogP contribution >= 0.6 is 27.3 Å². The second-order valence-electron chi connectivity index (χ2n) is 9.80. The van der Waals surface area contributed by atoms with Gasteiger partial charge in [-0.15, -0.1) is 11.6 Å². The molecule has 0 aliphatic carbocycles. The maximum absolute atomic E-state index is 6.73. The van der Waals surface area contributed by atoms with E-state index in [1.54, 1.807) is 0 Å². The van der Waals surface area contributed by atoms with Gasteiger partial charge in [0.25, 0.3) is 0 Å². The van der Waals surface area contributed by atoms with Crippen LogP contribution in [0, 0.1) is 6.92 Å². The van der Waals surface area contributed by atoms with Gasteiger partial charge in [0.1, 0.15) is 22.8 Å². The Bertz CT molecular complexity index is 1880. The molecule has 0 fully saturated rings. The summed E-state index contributed by atoms with van der Waals surface area (Å²) in [4.78, 5) is 3.68. The molecule has 0 atom stereocenters. The molecule has 0 spiro atoms. The Morgan fingerprint density at radius 3 is 1.66 bits per heavy atom. The van der Waals surface area contributed by atoms with Crippen LogP contribution in [0.2, 0.25) is 0 Å². The van der Waals surface area contributed by atoms with Crippen LogP contribution in [0.4, 0.5) is 0 Å². The molecule has 2 N–H and O–H groups in total. The van der Waals surface area contributed by atoms with Crippen molar-refractivity contribution in [1.82, 2.24) is 15.2 Å². The second kappa shape index (κ2) is 16.0. The number of aromatic amines is 1. The predicted octanol–water partition coefficient (Wildman–Crippen LogP) is 9.07. The van der Waals surface area contributed by atoms with Crippen LogP contribution in [0.15, 0.2) is 140 Å². The molecule has 7 rings (SSSR count). The van der Waals surface area contributed by atoms with E-state index in [0.717, 1.165) is 5.56 Å². The van der Waals surface area contributed by atoms with E-state index in [2.05, 4.69) is 156 Å². The minimum absolute atomic E-state index is 0.181. The third-order valence-corrected chi connectivity index (χ3v) is 10.00. The minimum atomic E-state index is -1.26. The Balaban J connectivity index is 0.000000331. The molecule has 0 bridgehead atoms. The van der Waals surface area contributed by atoms with Crippen molar-refractivity contribution in [1.29, 1.82) is 0 Å². The van der Waals surface area contributed by atoms with E-state index in [1.165, 1.54) is 54.9 Å². The Kier molecular flexibility index (Phi) is 11.6. The van der Waals surface area contributed by atoms with Crippen molar-refractivity contribution < 1.29 is 15.1 Å². The predicted molar refractivity (Wildman–Crippen MR) is 188 cm³/mol. The fourth-order valence-electron chi connectivity index (χ4n) is 5.36. The summed E-state index contributed by atoms with van der Waals surface area (Å²) < 4.78 is 0. The number of halogens is 2. The van der Waals surface area contributed by atoms with Crippen LogP contribution in [0.3, 0.4) is 0 Å². The summed E-state index contributed by atoms with van der Waals surface area (Å²) >= 11 is -0.346. The van der Waals surface area contributed by atoms with Gasteiger partial charge in [-0.3, -0.25) is 5.10 Å². The molecule has 0 aliphatic rings. The number of H-pyrrole nitrogens is 1. The van der Waals surface area contributed by atoms with Crippen molar-refractivity contribution in [2.24, 2.45) is 0 Å². The molecule has 1 aromatic heterocycles. The van der Waals surface area contributed by atoms with Crippen LogP contribution < -0.4 is 15.9 Å². The number of fused-ring (bicyclic) bond motifs is 2. The molecular formula is C36H30Cl2N4PRu+. The molecule has 4 nitrogen and oxygen atoms in total. The largest absolute Gasteiger partial charge is 0.671 e. The first kappa shape index (κ1) is 31.9. The summed E-state index contributed by atoms with van der Waals surface area (Å²) in [5.74, 6) is 0.611. The first-order valence-electron chi connectivity index (χ1n) is 13.8. The van der Waals surface area contributed by atoms with E-state index < -0.39 is 7.92 Å². The molecule has 0 saturated carbocycles. The zero-order chi connectivity index (χ0) is 30.7. The number of benzene rings is 6. The number of hydrogen-bond acceptors (Lipinski definition) is 2. The van der Waals surface area contributed by atoms with Crippen molar-refractivity contribution in [2.45, 2.75) is 6.54 Å².